The van der Waals surface area contributed by atoms with Crippen molar-refractivity contribution in [2.75, 3.05) is 27.2 Å². The second-order valence-corrected chi connectivity index (χ2v) is 6.34. The van der Waals surface area contributed by atoms with Crippen molar-refractivity contribution in [3.05, 3.63) is 33.3 Å². The van der Waals surface area contributed by atoms with E-state index in [0.717, 1.165) is 30.4 Å². The average Bonchev–Trinajstić information content (AvgIpc) is 2.41. The van der Waals surface area contributed by atoms with Gasteiger partial charge in [0, 0.05) is 23.1 Å². The molecule has 104 valence electrons. The van der Waals surface area contributed by atoms with Crippen LogP contribution in [-0.2, 0) is 0 Å². The van der Waals surface area contributed by atoms with E-state index in [9.17, 15) is 4.79 Å². The zero-order chi connectivity index (χ0) is 14.0. The van der Waals surface area contributed by atoms with Crippen LogP contribution in [0, 0.1) is 0 Å². The highest BCUT2D eigenvalue weighted by Gasteiger charge is 2.24. The minimum atomic E-state index is 0.0453. The predicted molar refractivity (Wildman–Crippen MR) is 81.8 cm³/mol. The quantitative estimate of drug-likeness (QED) is 0.821. The summed E-state index contributed by atoms with van der Waals surface area (Å²) >= 11 is 9.38. The molecule has 0 saturated carbocycles. The smallest absolute Gasteiger partial charge is 0.253 e. The maximum atomic E-state index is 12.4. The van der Waals surface area contributed by atoms with Crippen LogP contribution in [-0.4, -0.2) is 48.9 Å². The van der Waals surface area contributed by atoms with Gasteiger partial charge in [-0.1, -0.05) is 11.6 Å². The van der Waals surface area contributed by atoms with Gasteiger partial charge >= 0.3 is 0 Å². The Hall–Kier alpha value is -0.580. The van der Waals surface area contributed by atoms with E-state index in [1.165, 1.54) is 0 Å². The Bertz CT molecular complexity index is 473. The lowest BCUT2D eigenvalue weighted by atomic mass is 10.0. The third kappa shape index (κ3) is 3.50. The van der Waals surface area contributed by atoms with E-state index in [0.29, 0.717) is 16.6 Å². The van der Waals surface area contributed by atoms with Gasteiger partial charge < -0.3 is 9.80 Å². The van der Waals surface area contributed by atoms with Gasteiger partial charge in [0.05, 0.1) is 5.02 Å². The maximum absolute atomic E-state index is 12.4. The highest BCUT2D eigenvalue weighted by atomic mass is 79.9. The Kier molecular flexibility index (Phi) is 4.87. The summed E-state index contributed by atoms with van der Waals surface area (Å²) in [6.45, 7) is 2.09. The first-order valence-corrected chi connectivity index (χ1v) is 7.57. The second-order valence-electron chi connectivity index (χ2n) is 5.08. The first-order chi connectivity index (χ1) is 8.99. The van der Waals surface area contributed by atoms with Crippen molar-refractivity contribution >= 4 is 33.4 Å². The molecule has 1 aliphatic rings. The predicted octanol–water partition coefficient (Wildman–Crippen LogP) is 3.27. The number of hydrogen-bond donors (Lipinski definition) is 0. The third-order valence-electron chi connectivity index (χ3n) is 3.72. The topological polar surface area (TPSA) is 23.6 Å². The molecule has 0 spiro atoms. The summed E-state index contributed by atoms with van der Waals surface area (Å²) in [6, 6.07) is 5.67. The van der Waals surface area contributed by atoms with Crippen molar-refractivity contribution in [2.45, 2.75) is 18.9 Å². The second kappa shape index (κ2) is 6.25. The number of likely N-dealkylation sites (tertiary alicyclic amines) is 1. The first kappa shape index (κ1) is 14.8. The molecule has 0 atom stereocenters. The SMILES string of the molecule is CN1CCC(N(C)C(=O)c2ccc(Br)c(Cl)c2)CC1. The van der Waals surface area contributed by atoms with Crippen molar-refractivity contribution in [3.8, 4) is 0 Å². The van der Waals surface area contributed by atoms with Crippen LogP contribution < -0.4 is 0 Å². The van der Waals surface area contributed by atoms with Crippen LogP contribution in [0.25, 0.3) is 0 Å². The lowest BCUT2D eigenvalue weighted by Gasteiger charge is -2.35. The Morgan fingerprint density at radius 3 is 2.63 bits per heavy atom. The van der Waals surface area contributed by atoms with E-state index in [1.54, 1.807) is 6.07 Å². The minimum Gasteiger partial charge on any atom is -0.339 e. The van der Waals surface area contributed by atoms with Crippen molar-refractivity contribution in [1.29, 1.82) is 0 Å². The normalized spacial score (nSPS) is 17.5. The molecule has 19 heavy (non-hydrogen) atoms. The van der Waals surface area contributed by atoms with E-state index < -0.39 is 0 Å². The molecule has 0 N–H and O–H groups in total. The molecule has 1 heterocycles. The highest BCUT2D eigenvalue weighted by Crippen LogP contribution is 2.24. The van der Waals surface area contributed by atoms with Gasteiger partial charge in [-0.3, -0.25) is 4.79 Å². The van der Waals surface area contributed by atoms with Crippen LogP contribution in [0.4, 0.5) is 0 Å². The number of carbonyl (C=O) groups excluding carboxylic acids is 1. The third-order valence-corrected chi connectivity index (χ3v) is 4.96. The summed E-state index contributed by atoms with van der Waals surface area (Å²) in [5.74, 6) is 0.0453. The van der Waals surface area contributed by atoms with Crippen molar-refractivity contribution in [2.24, 2.45) is 0 Å². The molecule has 1 aliphatic heterocycles. The fourth-order valence-corrected chi connectivity index (χ4v) is 2.81. The zero-order valence-electron chi connectivity index (χ0n) is 11.2. The molecule has 0 aliphatic carbocycles. The zero-order valence-corrected chi connectivity index (χ0v) is 13.5. The summed E-state index contributed by atoms with van der Waals surface area (Å²) in [6.07, 6.45) is 2.06. The van der Waals surface area contributed by atoms with E-state index in [4.69, 9.17) is 11.6 Å². The lowest BCUT2D eigenvalue weighted by Crippen LogP contribution is -2.44. The molecule has 3 nitrogen and oxygen atoms in total. The molecule has 2 rings (SSSR count). The fourth-order valence-electron chi connectivity index (χ4n) is 2.38. The Morgan fingerprint density at radius 1 is 1.42 bits per heavy atom. The minimum absolute atomic E-state index is 0.0453. The number of halogens is 2. The van der Waals surface area contributed by atoms with Crippen molar-refractivity contribution in [3.63, 3.8) is 0 Å². The Morgan fingerprint density at radius 2 is 2.05 bits per heavy atom. The van der Waals surface area contributed by atoms with Crippen LogP contribution in [0.3, 0.4) is 0 Å². The molecule has 0 aromatic heterocycles. The molecule has 1 aromatic carbocycles. The molecule has 1 fully saturated rings. The molecule has 0 radical (unpaired) electrons. The van der Waals surface area contributed by atoms with Gasteiger partial charge in [-0.05, 0) is 67.1 Å². The Labute approximate surface area is 127 Å². The van der Waals surface area contributed by atoms with Gasteiger partial charge in [0.1, 0.15) is 0 Å². The lowest BCUT2D eigenvalue weighted by molar-refractivity contribution is 0.0659. The summed E-state index contributed by atoms with van der Waals surface area (Å²) in [5, 5.41) is 0.572. The van der Waals surface area contributed by atoms with Crippen molar-refractivity contribution in [1.82, 2.24) is 9.80 Å². The van der Waals surface area contributed by atoms with Crippen LogP contribution >= 0.6 is 27.5 Å². The number of nitrogens with zero attached hydrogens (tertiary/aromatic N) is 2. The van der Waals surface area contributed by atoms with Crippen LogP contribution in [0.2, 0.25) is 5.02 Å². The summed E-state index contributed by atoms with van der Waals surface area (Å²) < 4.78 is 0.813. The highest BCUT2D eigenvalue weighted by molar-refractivity contribution is 9.10. The van der Waals surface area contributed by atoms with Crippen LogP contribution in [0.5, 0.6) is 0 Å². The van der Waals surface area contributed by atoms with Gasteiger partial charge in [-0.25, -0.2) is 0 Å². The number of benzene rings is 1. The fraction of sp³-hybridized carbons (Fsp3) is 0.500. The van der Waals surface area contributed by atoms with Crippen molar-refractivity contribution < 1.29 is 4.79 Å². The number of carbonyl (C=O) groups is 1. The number of hydrogen-bond acceptors (Lipinski definition) is 2. The van der Waals surface area contributed by atoms with E-state index in [-0.39, 0.29) is 5.91 Å². The molecule has 1 aromatic rings. The molecule has 0 unspecified atom stereocenters. The molecule has 5 heteroatoms. The van der Waals surface area contributed by atoms with Crippen LogP contribution in [0.15, 0.2) is 22.7 Å². The van der Waals surface area contributed by atoms with E-state index in [2.05, 4.69) is 27.9 Å². The van der Waals surface area contributed by atoms with Gasteiger partial charge in [-0.15, -0.1) is 0 Å². The first-order valence-electron chi connectivity index (χ1n) is 6.40. The summed E-state index contributed by atoms with van der Waals surface area (Å²) in [5.41, 5.74) is 0.648. The number of rotatable bonds is 2. The number of amides is 1. The van der Waals surface area contributed by atoms with Gasteiger partial charge in [0.25, 0.3) is 5.91 Å². The van der Waals surface area contributed by atoms with E-state index >= 15 is 0 Å². The van der Waals surface area contributed by atoms with Crippen LogP contribution in [0.1, 0.15) is 23.2 Å². The average molecular weight is 346 g/mol. The Balaban J connectivity index is 2.08. The summed E-state index contributed by atoms with van der Waals surface area (Å²) in [4.78, 5) is 16.6. The molecular formula is C14H18BrClN2O. The van der Waals surface area contributed by atoms with Gasteiger partial charge in [-0.2, -0.15) is 0 Å². The largest absolute Gasteiger partial charge is 0.339 e. The monoisotopic (exact) mass is 344 g/mol. The molecule has 1 saturated heterocycles. The molecule has 1 amide bonds. The maximum Gasteiger partial charge on any atom is 0.253 e. The molecular weight excluding hydrogens is 328 g/mol. The standard InChI is InChI=1S/C14H18BrClN2O/c1-17-7-5-11(6-8-17)18(2)14(19)10-3-4-12(15)13(16)9-10/h3-4,9,11H,5-8H2,1-2H3. The number of piperidine rings is 1. The van der Waals surface area contributed by atoms with Gasteiger partial charge in [0.2, 0.25) is 0 Å². The van der Waals surface area contributed by atoms with E-state index in [1.807, 2.05) is 24.1 Å². The van der Waals surface area contributed by atoms with Gasteiger partial charge in [0.15, 0.2) is 0 Å². The summed E-state index contributed by atoms with van der Waals surface area (Å²) in [7, 11) is 4.00. The molecule has 0 bridgehead atoms.